The molecule has 2 atom stereocenters. The van der Waals surface area contributed by atoms with Crippen LogP contribution >= 0.6 is 12.4 Å². The van der Waals surface area contributed by atoms with E-state index in [-0.39, 0.29) is 36.1 Å². The molecule has 1 aromatic rings. The standard InChI is InChI=1S/C17H25NO3.ClH/c1-18-10-16-12-7-8-14(19)17(20)13(12)9-15(21-16)11-5-3-2-4-6-11;/h7-8,11,15-16,18-20H,2-6,9-10H2,1H3;1H/t15-,16-;/m0./s1. The largest absolute Gasteiger partial charge is 0.504 e. The minimum atomic E-state index is -0.0443. The van der Waals surface area contributed by atoms with E-state index in [9.17, 15) is 10.2 Å². The summed E-state index contributed by atoms with van der Waals surface area (Å²) in [4.78, 5) is 0. The predicted octanol–water partition coefficient (Wildman–Crippen LogP) is 3.30. The van der Waals surface area contributed by atoms with Gasteiger partial charge in [0.15, 0.2) is 11.5 Å². The van der Waals surface area contributed by atoms with Crippen LogP contribution in [0.2, 0.25) is 0 Å². The third kappa shape index (κ3) is 3.34. The molecule has 124 valence electrons. The highest BCUT2D eigenvalue weighted by Gasteiger charge is 2.34. The van der Waals surface area contributed by atoms with Gasteiger partial charge in [-0.1, -0.05) is 25.3 Å². The number of phenols is 2. The molecule has 3 N–H and O–H groups in total. The molecule has 0 aromatic heterocycles. The van der Waals surface area contributed by atoms with Crippen LogP contribution in [0.25, 0.3) is 0 Å². The maximum absolute atomic E-state index is 10.2. The third-order valence-electron chi connectivity index (χ3n) is 4.95. The Morgan fingerprint density at radius 3 is 2.59 bits per heavy atom. The second-order valence-corrected chi connectivity index (χ2v) is 6.32. The quantitative estimate of drug-likeness (QED) is 0.745. The van der Waals surface area contributed by atoms with E-state index in [0.717, 1.165) is 17.7 Å². The lowest BCUT2D eigenvalue weighted by molar-refractivity contribution is -0.0620. The van der Waals surface area contributed by atoms with Gasteiger partial charge in [-0.05, 0) is 37.4 Å². The van der Waals surface area contributed by atoms with Crippen LogP contribution in [-0.4, -0.2) is 29.9 Å². The van der Waals surface area contributed by atoms with Gasteiger partial charge in [0.1, 0.15) is 0 Å². The Labute approximate surface area is 138 Å². The summed E-state index contributed by atoms with van der Waals surface area (Å²) in [5.74, 6) is 0.590. The van der Waals surface area contributed by atoms with Crippen molar-refractivity contribution in [1.29, 1.82) is 0 Å². The molecule has 5 heteroatoms. The van der Waals surface area contributed by atoms with Gasteiger partial charge in [-0.25, -0.2) is 0 Å². The van der Waals surface area contributed by atoms with E-state index in [1.165, 1.54) is 32.1 Å². The summed E-state index contributed by atoms with van der Waals surface area (Å²) in [6.45, 7) is 0.723. The van der Waals surface area contributed by atoms with E-state index in [1.807, 2.05) is 13.1 Å². The van der Waals surface area contributed by atoms with Crippen molar-refractivity contribution in [3.8, 4) is 11.5 Å². The molecule has 1 aromatic carbocycles. The van der Waals surface area contributed by atoms with Crippen molar-refractivity contribution < 1.29 is 14.9 Å². The zero-order valence-corrected chi connectivity index (χ0v) is 13.9. The number of rotatable bonds is 3. The van der Waals surface area contributed by atoms with Gasteiger partial charge in [0.05, 0.1) is 12.2 Å². The Morgan fingerprint density at radius 1 is 1.18 bits per heavy atom. The summed E-state index contributed by atoms with van der Waals surface area (Å²) < 4.78 is 6.33. The minimum Gasteiger partial charge on any atom is -0.504 e. The highest BCUT2D eigenvalue weighted by molar-refractivity contribution is 5.85. The number of nitrogens with one attached hydrogen (secondary N) is 1. The number of hydrogen-bond acceptors (Lipinski definition) is 4. The van der Waals surface area contributed by atoms with E-state index in [4.69, 9.17) is 4.74 Å². The van der Waals surface area contributed by atoms with Gasteiger partial charge in [0.2, 0.25) is 0 Å². The Kier molecular flexibility index (Phi) is 5.95. The van der Waals surface area contributed by atoms with Crippen molar-refractivity contribution in [3.05, 3.63) is 23.3 Å². The molecule has 0 amide bonds. The van der Waals surface area contributed by atoms with Gasteiger partial charge in [-0.2, -0.15) is 0 Å². The summed E-state index contributed by atoms with van der Waals surface area (Å²) in [5.41, 5.74) is 1.88. The molecule has 0 radical (unpaired) electrons. The second-order valence-electron chi connectivity index (χ2n) is 6.32. The Balaban J connectivity index is 0.00000176. The summed E-state index contributed by atoms with van der Waals surface area (Å²) in [5, 5.41) is 23.2. The smallest absolute Gasteiger partial charge is 0.161 e. The fourth-order valence-electron chi connectivity index (χ4n) is 3.82. The molecule has 1 saturated carbocycles. The van der Waals surface area contributed by atoms with Gasteiger partial charge in [0, 0.05) is 18.5 Å². The summed E-state index contributed by atoms with van der Waals surface area (Å²) >= 11 is 0. The molecule has 3 rings (SSSR count). The van der Waals surface area contributed by atoms with Gasteiger partial charge < -0.3 is 20.3 Å². The van der Waals surface area contributed by atoms with E-state index in [0.29, 0.717) is 12.3 Å². The maximum atomic E-state index is 10.2. The summed E-state index contributed by atoms with van der Waals surface area (Å²) in [7, 11) is 1.91. The van der Waals surface area contributed by atoms with Crippen LogP contribution < -0.4 is 5.32 Å². The van der Waals surface area contributed by atoms with Crippen molar-refractivity contribution in [2.45, 2.75) is 50.7 Å². The first-order chi connectivity index (χ1) is 10.2. The fraction of sp³-hybridized carbons (Fsp3) is 0.647. The van der Waals surface area contributed by atoms with Gasteiger partial charge >= 0.3 is 0 Å². The lowest BCUT2D eigenvalue weighted by Crippen LogP contribution is -2.36. The first kappa shape index (κ1) is 17.4. The number of fused-ring (bicyclic) bond motifs is 1. The Bertz CT molecular complexity index is 503. The Morgan fingerprint density at radius 2 is 1.91 bits per heavy atom. The average molecular weight is 328 g/mol. The zero-order valence-electron chi connectivity index (χ0n) is 13.0. The number of halogens is 1. The lowest BCUT2D eigenvalue weighted by atomic mass is 9.80. The first-order valence-electron chi connectivity index (χ1n) is 8.04. The number of likely N-dealkylation sites (N-methyl/N-ethyl adjacent to an activating group) is 1. The molecule has 1 heterocycles. The SMILES string of the molecule is CNC[C@@H]1O[C@H](C2CCCCC2)Cc2c1ccc(O)c2O.Cl. The molecule has 0 spiro atoms. The molecular weight excluding hydrogens is 302 g/mol. The molecule has 0 unspecified atom stereocenters. The van der Waals surface area contributed by atoms with E-state index in [2.05, 4.69) is 5.32 Å². The van der Waals surface area contributed by atoms with Crippen LogP contribution in [-0.2, 0) is 11.2 Å². The number of ether oxygens (including phenoxy) is 1. The summed E-state index contributed by atoms with van der Waals surface area (Å²) in [6.07, 6.45) is 7.13. The van der Waals surface area contributed by atoms with Gasteiger partial charge in [-0.15, -0.1) is 12.4 Å². The number of hydrogen-bond donors (Lipinski definition) is 3. The van der Waals surface area contributed by atoms with Crippen LogP contribution in [0, 0.1) is 5.92 Å². The first-order valence-corrected chi connectivity index (χ1v) is 8.04. The van der Waals surface area contributed by atoms with Crippen molar-refractivity contribution >= 4 is 12.4 Å². The van der Waals surface area contributed by atoms with Crippen LogP contribution in [0.4, 0.5) is 0 Å². The number of phenolic OH excluding ortho intramolecular Hbond substituents is 2. The monoisotopic (exact) mass is 327 g/mol. The van der Waals surface area contributed by atoms with Crippen LogP contribution in [0.15, 0.2) is 12.1 Å². The molecule has 0 saturated heterocycles. The van der Waals surface area contributed by atoms with Crippen molar-refractivity contribution in [2.75, 3.05) is 13.6 Å². The average Bonchev–Trinajstić information content (AvgIpc) is 2.52. The highest BCUT2D eigenvalue weighted by Crippen LogP contribution is 2.43. The molecule has 1 fully saturated rings. The Hall–Kier alpha value is -0.970. The van der Waals surface area contributed by atoms with Crippen molar-refractivity contribution in [3.63, 3.8) is 0 Å². The van der Waals surface area contributed by atoms with Crippen LogP contribution in [0.5, 0.6) is 11.5 Å². The van der Waals surface area contributed by atoms with Crippen LogP contribution in [0.1, 0.15) is 49.3 Å². The third-order valence-corrected chi connectivity index (χ3v) is 4.95. The molecule has 2 aliphatic rings. The van der Waals surface area contributed by atoms with Gasteiger partial charge in [0.25, 0.3) is 0 Å². The van der Waals surface area contributed by atoms with E-state index in [1.54, 1.807) is 6.07 Å². The predicted molar refractivity (Wildman–Crippen MR) is 88.8 cm³/mol. The molecule has 22 heavy (non-hydrogen) atoms. The number of aromatic hydroxyl groups is 2. The van der Waals surface area contributed by atoms with Crippen molar-refractivity contribution in [2.24, 2.45) is 5.92 Å². The topological polar surface area (TPSA) is 61.7 Å². The van der Waals surface area contributed by atoms with E-state index < -0.39 is 0 Å². The maximum Gasteiger partial charge on any atom is 0.161 e. The highest BCUT2D eigenvalue weighted by atomic mass is 35.5. The normalized spacial score (nSPS) is 25.3. The molecular formula is C17H26ClNO3. The zero-order chi connectivity index (χ0) is 14.8. The molecule has 1 aliphatic carbocycles. The lowest BCUT2D eigenvalue weighted by Gasteiger charge is -2.38. The van der Waals surface area contributed by atoms with Crippen molar-refractivity contribution in [1.82, 2.24) is 5.32 Å². The number of benzene rings is 1. The molecule has 1 aliphatic heterocycles. The summed E-state index contributed by atoms with van der Waals surface area (Å²) in [6, 6.07) is 3.44. The fourth-order valence-corrected chi connectivity index (χ4v) is 3.82. The van der Waals surface area contributed by atoms with Gasteiger partial charge in [-0.3, -0.25) is 0 Å². The minimum absolute atomic E-state index is 0. The second kappa shape index (κ2) is 7.53. The van der Waals surface area contributed by atoms with E-state index >= 15 is 0 Å². The van der Waals surface area contributed by atoms with Crippen LogP contribution in [0.3, 0.4) is 0 Å². The molecule has 4 nitrogen and oxygen atoms in total. The molecule has 0 bridgehead atoms.